The molecule has 0 saturated carbocycles. The van der Waals surface area contributed by atoms with Crippen molar-refractivity contribution in [2.45, 2.75) is 4.90 Å². The lowest BCUT2D eigenvalue weighted by atomic mass is 10.3. The molecule has 1 heterocycles. The molecule has 7 nitrogen and oxygen atoms in total. The average Bonchev–Trinajstić information content (AvgIpc) is 2.46. The lowest BCUT2D eigenvalue weighted by Gasteiger charge is -2.33. The van der Waals surface area contributed by atoms with Crippen LogP contribution in [0.25, 0.3) is 0 Å². The molecule has 0 amide bonds. The van der Waals surface area contributed by atoms with Crippen LogP contribution in [0.15, 0.2) is 23.1 Å². The Kier molecular flexibility index (Phi) is 5.91. The fraction of sp³-hybridized carbons (Fsp3) is 0.538. The lowest BCUT2D eigenvalue weighted by Crippen LogP contribution is -2.49. The molecule has 1 aliphatic heterocycles. The summed E-state index contributed by atoms with van der Waals surface area (Å²) in [7, 11) is -7.28. The minimum atomic E-state index is -4.07. The number of benzene rings is 1. The van der Waals surface area contributed by atoms with Crippen LogP contribution in [-0.4, -0.2) is 71.6 Å². The third-order valence-electron chi connectivity index (χ3n) is 3.70. The van der Waals surface area contributed by atoms with Gasteiger partial charge < -0.3 is 0 Å². The first-order valence-corrected chi connectivity index (χ1v) is 10.5. The highest BCUT2D eigenvalue weighted by atomic mass is 32.2. The van der Waals surface area contributed by atoms with E-state index in [1.807, 2.05) is 4.90 Å². The SMILES string of the molecule is CS(=O)(=O)N1CCN(CCNS(=O)(=O)c2ccc(F)cc2F)CC1. The number of halogens is 2. The van der Waals surface area contributed by atoms with E-state index in [1.165, 1.54) is 4.31 Å². The van der Waals surface area contributed by atoms with E-state index in [2.05, 4.69) is 4.72 Å². The van der Waals surface area contributed by atoms with Crippen molar-refractivity contribution in [3.8, 4) is 0 Å². The van der Waals surface area contributed by atoms with Gasteiger partial charge in [0.05, 0.1) is 6.26 Å². The van der Waals surface area contributed by atoms with Crippen LogP contribution < -0.4 is 4.72 Å². The topological polar surface area (TPSA) is 86.8 Å². The van der Waals surface area contributed by atoms with E-state index in [1.54, 1.807) is 0 Å². The van der Waals surface area contributed by atoms with Crippen LogP contribution in [0.3, 0.4) is 0 Å². The molecule has 0 spiro atoms. The molecule has 0 radical (unpaired) electrons. The molecule has 1 aromatic carbocycles. The zero-order chi connectivity index (χ0) is 18.0. The third kappa shape index (κ3) is 4.93. The van der Waals surface area contributed by atoms with Crippen LogP contribution in [-0.2, 0) is 20.0 Å². The maximum atomic E-state index is 13.6. The van der Waals surface area contributed by atoms with Gasteiger partial charge in [0.25, 0.3) is 0 Å². The van der Waals surface area contributed by atoms with Crippen molar-refractivity contribution in [2.75, 3.05) is 45.5 Å². The van der Waals surface area contributed by atoms with E-state index in [9.17, 15) is 25.6 Å². The molecule has 0 aliphatic carbocycles. The first-order chi connectivity index (χ1) is 11.1. The Morgan fingerprint density at radius 2 is 1.71 bits per heavy atom. The van der Waals surface area contributed by atoms with Crippen molar-refractivity contribution in [1.29, 1.82) is 0 Å². The van der Waals surface area contributed by atoms with Gasteiger partial charge in [0, 0.05) is 45.3 Å². The van der Waals surface area contributed by atoms with Crippen molar-refractivity contribution in [3.63, 3.8) is 0 Å². The van der Waals surface area contributed by atoms with Crippen LogP contribution in [0.5, 0.6) is 0 Å². The molecule has 0 atom stereocenters. The molecule has 0 unspecified atom stereocenters. The Morgan fingerprint density at radius 1 is 1.08 bits per heavy atom. The highest BCUT2D eigenvalue weighted by molar-refractivity contribution is 7.89. The quantitative estimate of drug-likeness (QED) is 0.737. The van der Waals surface area contributed by atoms with Crippen LogP contribution in [0.2, 0.25) is 0 Å². The number of hydrogen-bond donors (Lipinski definition) is 1. The van der Waals surface area contributed by atoms with E-state index in [0.29, 0.717) is 38.8 Å². The number of nitrogens with one attached hydrogen (secondary N) is 1. The van der Waals surface area contributed by atoms with Crippen LogP contribution in [0, 0.1) is 11.6 Å². The van der Waals surface area contributed by atoms with Gasteiger partial charge >= 0.3 is 0 Å². The zero-order valence-electron chi connectivity index (χ0n) is 13.1. The smallest absolute Gasteiger partial charge is 0.243 e. The maximum absolute atomic E-state index is 13.6. The first-order valence-electron chi connectivity index (χ1n) is 7.22. The fourth-order valence-electron chi connectivity index (χ4n) is 2.39. The van der Waals surface area contributed by atoms with Gasteiger partial charge in [0.2, 0.25) is 20.0 Å². The van der Waals surface area contributed by atoms with Crippen molar-refractivity contribution in [3.05, 3.63) is 29.8 Å². The summed E-state index contributed by atoms with van der Waals surface area (Å²) in [6.45, 7) is 2.06. The zero-order valence-corrected chi connectivity index (χ0v) is 14.7. The van der Waals surface area contributed by atoms with E-state index >= 15 is 0 Å². The average molecular weight is 383 g/mol. The van der Waals surface area contributed by atoms with Gasteiger partial charge in [-0.25, -0.2) is 30.3 Å². The van der Waals surface area contributed by atoms with E-state index in [0.717, 1.165) is 18.4 Å². The van der Waals surface area contributed by atoms with Crippen LogP contribution in [0.1, 0.15) is 0 Å². The van der Waals surface area contributed by atoms with Gasteiger partial charge in [-0.15, -0.1) is 0 Å². The number of sulfonamides is 2. The molecule has 1 aliphatic rings. The van der Waals surface area contributed by atoms with Gasteiger partial charge in [0.15, 0.2) is 0 Å². The monoisotopic (exact) mass is 383 g/mol. The van der Waals surface area contributed by atoms with Crippen molar-refractivity contribution < 1.29 is 25.6 Å². The molecule has 24 heavy (non-hydrogen) atoms. The largest absolute Gasteiger partial charge is 0.299 e. The summed E-state index contributed by atoms with van der Waals surface area (Å²) in [6.07, 6.45) is 1.15. The Morgan fingerprint density at radius 3 is 2.25 bits per heavy atom. The summed E-state index contributed by atoms with van der Waals surface area (Å²) >= 11 is 0. The molecule has 1 saturated heterocycles. The molecule has 1 fully saturated rings. The summed E-state index contributed by atoms with van der Waals surface area (Å²) in [6, 6.07) is 2.26. The van der Waals surface area contributed by atoms with Crippen LogP contribution in [0.4, 0.5) is 8.78 Å². The third-order valence-corrected chi connectivity index (χ3v) is 6.50. The van der Waals surface area contributed by atoms with E-state index in [-0.39, 0.29) is 6.54 Å². The Labute approximate surface area is 140 Å². The van der Waals surface area contributed by atoms with E-state index < -0.39 is 36.6 Å². The Hall–Kier alpha value is -1.14. The predicted octanol–water partition coefficient (Wildman–Crippen LogP) is -0.180. The van der Waals surface area contributed by atoms with Crippen molar-refractivity contribution >= 4 is 20.0 Å². The normalized spacial score (nSPS) is 18.0. The molecule has 0 aromatic heterocycles. The lowest BCUT2D eigenvalue weighted by molar-refractivity contribution is 0.192. The molecule has 11 heteroatoms. The van der Waals surface area contributed by atoms with Gasteiger partial charge in [-0.3, -0.25) is 4.90 Å². The molecule has 136 valence electrons. The predicted molar refractivity (Wildman–Crippen MR) is 84.4 cm³/mol. The molecular formula is C13H19F2N3O4S2. The van der Waals surface area contributed by atoms with Crippen molar-refractivity contribution in [1.82, 2.24) is 13.9 Å². The van der Waals surface area contributed by atoms with Gasteiger partial charge in [-0.2, -0.15) is 4.31 Å². The molecule has 0 bridgehead atoms. The minimum absolute atomic E-state index is 0.0397. The summed E-state index contributed by atoms with van der Waals surface area (Å²) in [5.74, 6) is -2.00. The van der Waals surface area contributed by atoms with Gasteiger partial charge in [-0.05, 0) is 12.1 Å². The highest BCUT2D eigenvalue weighted by Gasteiger charge is 2.24. The van der Waals surface area contributed by atoms with Gasteiger partial charge in [0.1, 0.15) is 16.5 Å². The second-order valence-electron chi connectivity index (χ2n) is 5.48. The molecular weight excluding hydrogens is 364 g/mol. The van der Waals surface area contributed by atoms with E-state index in [4.69, 9.17) is 0 Å². The molecule has 1 aromatic rings. The summed E-state index contributed by atoms with van der Waals surface area (Å²) < 4.78 is 76.8. The summed E-state index contributed by atoms with van der Waals surface area (Å²) in [5.41, 5.74) is 0. The standard InChI is InChI=1S/C13H19F2N3O4S2/c1-23(19,20)18-8-6-17(7-9-18)5-4-16-24(21,22)13-3-2-11(14)10-12(13)15/h2-3,10,16H,4-9H2,1H3. The van der Waals surface area contributed by atoms with Crippen molar-refractivity contribution in [2.24, 2.45) is 0 Å². The van der Waals surface area contributed by atoms with Gasteiger partial charge in [-0.1, -0.05) is 0 Å². The summed E-state index contributed by atoms with van der Waals surface area (Å²) in [4.78, 5) is 1.30. The fourth-order valence-corrected chi connectivity index (χ4v) is 4.30. The molecule has 2 rings (SSSR count). The second kappa shape index (κ2) is 7.40. The minimum Gasteiger partial charge on any atom is -0.299 e. The first kappa shape index (κ1) is 19.2. The number of nitrogens with zero attached hydrogens (tertiary/aromatic N) is 2. The number of rotatable bonds is 6. The maximum Gasteiger partial charge on any atom is 0.243 e. The van der Waals surface area contributed by atoms with Crippen LogP contribution >= 0.6 is 0 Å². The summed E-state index contributed by atoms with van der Waals surface area (Å²) in [5, 5.41) is 0. The number of hydrogen-bond acceptors (Lipinski definition) is 5. The Balaban J connectivity index is 1.86. The second-order valence-corrected chi connectivity index (χ2v) is 9.19. The Bertz CT molecular complexity index is 791. The number of piperazine rings is 1. The molecule has 1 N–H and O–H groups in total. The highest BCUT2D eigenvalue weighted by Crippen LogP contribution is 2.15.